The molecule has 2 N–H and O–H groups in total. The van der Waals surface area contributed by atoms with Crippen LogP contribution in [-0.4, -0.2) is 18.0 Å². The lowest BCUT2D eigenvalue weighted by molar-refractivity contribution is 0.816. The van der Waals surface area contributed by atoms with E-state index >= 15 is 0 Å². The summed E-state index contributed by atoms with van der Waals surface area (Å²) in [5, 5.41) is 11.9. The molecule has 0 bridgehead atoms. The summed E-state index contributed by atoms with van der Waals surface area (Å²) in [6, 6.07) is 2.11. The highest BCUT2D eigenvalue weighted by atomic mass is 32.1. The Balaban J connectivity index is 1.79. The van der Waals surface area contributed by atoms with E-state index in [-0.39, 0.29) is 0 Å². The zero-order valence-corrected chi connectivity index (χ0v) is 12.1. The average Bonchev–Trinajstić information content (AvgIpc) is 3.01. The summed E-state index contributed by atoms with van der Waals surface area (Å²) >= 11 is 3.41. The Bertz CT molecular complexity index is 502. The Morgan fingerprint density at radius 1 is 1.39 bits per heavy atom. The van der Waals surface area contributed by atoms with E-state index in [1.54, 1.807) is 29.7 Å². The van der Waals surface area contributed by atoms with Crippen LogP contribution in [0.3, 0.4) is 0 Å². The van der Waals surface area contributed by atoms with Gasteiger partial charge in [0.2, 0.25) is 0 Å². The second-order valence-electron chi connectivity index (χ2n) is 3.76. The first-order chi connectivity index (χ1) is 8.78. The van der Waals surface area contributed by atoms with Gasteiger partial charge < -0.3 is 10.6 Å². The van der Waals surface area contributed by atoms with Crippen molar-refractivity contribution in [3.63, 3.8) is 0 Å². The highest BCUT2D eigenvalue weighted by Crippen LogP contribution is 2.10. The summed E-state index contributed by atoms with van der Waals surface area (Å²) in [7, 11) is 1.78. The number of rotatable bonds is 4. The van der Waals surface area contributed by atoms with E-state index in [0.717, 1.165) is 24.1 Å². The van der Waals surface area contributed by atoms with Crippen molar-refractivity contribution in [2.45, 2.75) is 20.0 Å². The van der Waals surface area contributed by atoms with Gasteiger partial charge in [0, 0.05) is 24.7 Å². The summed E-state index contributed by atoms with van der Waals surface area (Å²) in [5.74, 6) is 0.812. The quantitative estimate of drug-likeness (QED) is 0.668. The van der Waals surface area contributed by atoms with Gasteiger partial charge in [0.25, 0.3) is 0 Å². The van der Waals surface area contributed by atoms with Gasteiger partial charge in [-0.15, -0.1) is 11.3 Å². The molecule has 6 heteroatoms. The van der Waals surface area contributed by atoms with Gasteiger partial charge in [-0.2, -0.15) is 11.3 Å². The summed E-state index contributed by atoms with van der Waals surface area (Å²) in [4.78, 5) is 9.63. The Morgan fingerprint density at radius 2 is 2.22 bits per heavy atom. The number of thiophene rings is 1. The highest BCUT2D eigenvalue weighted by molar-refractivity contribution is 7.11. The lowest BCUT2D eigenvalue weighted by atomic mass is 10.3. The second-order valence-corrected chi connectivity index (χ2v) is 5.86. The molecule has 4 nitrogen and oxygen atoms in total. The first kappa shape index (κ1) is 13.0. The smallest absolute Gasteiger partial charge is 0.191 e. The second kappa shape index (κ2) is 6.51. The molecular weight excluding hydrogens is 264 g/mol. The Morgan fingerprint density at radius 3 is 2.83 bits per heavy atom. The van der Waals surface area contributed by atoms with Crippen LogP contribution in [0.2, 0.25) is 0 Å². The monoisotopic (exact) mass is 280 g/mol. The zero-order valence-electron chi connectivity index (χ0n) is 10.4. The van der Waals surface area contributed by atoms with Crippen molar-refractivity contribution in [2.24, 2.45) is 4.99 Å². The summed E-state index contributed by atoms with van der Waals surface area (Å²) in [6.45, 7) is 3.57. The minimum atomic E-state index is 0.759. The van der Waals surface area contributed by atoms with E-state index in [2.05, 4.69) is 37.4 Å². The first-order valence-corrected chi connectivity index (χ1v) is 7.41. The van der Waals surface area contributed by atoms with Crippen molar-refractivity contribution < 1.29 is 0 Å². The first-order valence-electron chi connectivity index (χ1n) is 5.65. The number of hydrogen-bond acceptors (Lipinski definition) is 4. The third kappa shape index (κ3) is 3.82. The number of nitrogens with one attached hydrogen (secondary N) is 2. The standard InChI is InChI=1S/C12H16N4S2/c1-9-14-6-11(18-9)7-16-12(13-2)15-5-10-3-4-17-8-10/h3-4,6,8H,5,7H2,1-2H3,(H2,13,15,16). The number of aliphatic imine (C=N–C) groups is 1. The van der Waals surface area contributed by atoms with E-state index in [4.69, 9.17) is 0 Å². The lowest BCUT2D eigenvalue weighted by Gasteiger charge is -2.10. The molecule has 96 valence electrons. The molecule has 2 rings (SSSR count). The van der Waals surface area contributed by atoms with Crippen molar-refractivity contribution in [1.29, 1.82) is 0 Å². The fourth-order valence-electron chi connectivity index (χ4n) is 1.46. The Labute approximate surface area is 115 Å². The molecule has 0 radical (unpaired) electrons. The van der Waals surface area contributed by atoms with Crippen molar-refractivity contribution in [1.82, 2.24) is 15.6 Å². The third-order valence-corrected chi connectivity index (χ3v) is 4.01. The number of guanidine groups is 1. The van der Waals surface area contributed by atoms with Gasteiger partial charge in [0.1, 0.15) is 0 Å². The van der Waals surface area contributed by atoms with Gasteiger partial charge in [-0.05, 0) is 29.3 Å². The van der Waals surface area contributed by atoms with Gasteiger partial charge in [0.05, 0.1) is 11.6 Å². The predicted molar refractivity (Wildman–Crippen MR) is 78.2 cm³/mol. The molecule has 0 saturated heterocycles. The Hall–Kier alpha value is -1.40. The fraction of sp³-hybridized carbons (Fsp3) is 0.333. The molecule has 0 amide bonds. The fourth-order valence-corrected chi connectivity index (χ4v) is 2.86. The van der Waals surface area contributed by atoms with Crippen LogP contribution in [0, 0.1) is 6.92 Å². The third-order valence-electron chi connectivity index (χ3n) is 2.36. The molecule has 2 heterocycles. The van der Waals surface area contributed by atoms with Crippen LogP contribution in [0.25, 0.3) is 0 Å². The van der Waals surface area contributed by atoms with Gasteiger partial charge in [-0.1, -0.05) is 0 Å². The van der Waals surface area contributed by atoms with E-state index in [0.29, 0.717) is 0 Å². The SMILES string of the molecule is CN=C(NCc1ccsc1)NCc1cnc(C)s1. The van der Waals surface area contributed by atoms with E-state index in [1.807, 2.05) is 13.1 Å². The largest absolute Gasteiger partial charge is 0.352 e. The zero-order chi connectivity index (χ0) is 12.8. The molecule has 0 spiro atoms. The van der Waals surface area contributed by atoms with Crippen LogP contribution in [0.1, 0.15) is 15.4 Å². The van der Waals surface area contributed by atoms with Crippen LogP contribution in [-0.2, 0) is 13.1 Å². The summed E-state index contributed by atoms with van der Waals surface area (Å²) in [5.41, 5.74) is 1.27. The molecule has 0 aliphatic heterocycles. The highest BCUT2D eigenvalue weighted by Gasteiger charge is 2.01. The molecule has 0 saturated carbocycles. The predicted octanol–water partition coefficient (Wildman–Crippen LogP) is 2.38. The minimum Gasteiger partial charge on any atom is -0.352 e. The molecular formula is C12H16N4S2. The summed E-state index contributed by atoms with van der Waals surface area (Å²) in [6.07, 6.45) is 1.90. The minimum absolute atomic E-state index is 0.759. The van der Waals surface area contributed by atoms with Crippen molar-refractivity contribution in [2.75, 3.05) is 7.05 Å². The van der Waals surface area contributed by atoms with Crippen LogP contribution in [0.4, 0.5) is 0 Å². The van der Waals surface area contributed by atoms with Crippen LogP contribution in [0.15, 0.2) is 28.0 Å². The number of thiazole rings is 1. The van der Waals surface area contributed by atoms with Crippen LogP contribution >= 0.6 is 22.7 Å². The summed E-state index contributed by atoms with van der Waals surface area (Å²) < 4.78 is 0. The van der Waals surface area contributed by atoms with Gasteiger partial charge in [0.15, 0.2) is 5.96 Å². The lowest BCUT2D eigenvalue weighted by Crippen LogP contribution is -2.36. The van der Waals surface area contributed by atoms with Gasteiger partial charge in [-0.3, -0.25) is 4.99 Å². The number of aryl methyl sites for hydroxylation is 1. The molecule has 18 heavy (non-hydrogen) atoms. The number of hydrogen-bond donors (Lipinski definition) is 2. The Kier molecular flexibility index (Phi) is 4.72. The van der Waals surface area contributed by atoms with E-state index < -0.39 is 0 Å². The van der Waals surface area contributed by atoms with E-state index in [1.165, 1.54) is 10.4 Å². The van der Waals surface area contributed by atoms with Gasteiger partial charge >= 0.3 is 0 Å². The molecule has 2 aromatic rings. The molecule has 0 unspecified atom stereocenters. The molecule has 0 atom stereocenters. The van der Waals surface area contributed by atoms with Crippen LogP contribution in [0.5, 0.6) is 0 Å². The number of aromatic nitrogens is 1. The van der Waals surface area contributed by atoms with Gasteiger partial charge in [-0.25, -0.2) is 4.98 Å². The van der Waals surface area contributed by atoms with Crippen LogP contribution < -0.4 is 10.6 Å². The maximum Gasteiger partial charge on any atom is 0.191 e. The number of nitrogens with zero attached hydrogens (tertiary/aromatic N) is 2. The molecule has 0 fully saturated rings. The van der Waals surface area contributed by atoms with E-state index in [9.17, 15) is 0 Å². The molecule has 0 aliphatic rings. The normalized spacial score (nSPS) is 11.6. The van der Waals surface area contributed by atoms with Crippen molar-refractivity contribution in [3.8, 4) is 0 Å². The molecule has 2 aromatic heterocycles. The molecule has 0 aromatic carbocycles. The maximum atomic E-state index is 4.23. The van der Waals surface area contributed by atoms with Crippen molar-refractivity contribution in [3.05, 3.63) is 38.5 Å². The van der Waals surface area contributed by atoms with Crippen molar-refractivity contribution >= 4 is 28.6 Å². The topological polar surface area (TPSA) is 49.3 Å². The molecule has 0 aliphatic carbocycles. The average molecular weight is 280 g/mol. The maximum absolute atomic E-state index is 4.23.